The number of rotatable bonds is 5. The van der Waals surface area contributed by atoms with Crippen molar-refractivity contribution in [2.24, 2.45) is 0 Å². The Morgan fingerprint density at radius 2 is 2.20 bits per heavy atom. The second-order valence-corrected chi connectivity index (χ2v) is 4.19. The molecule has 1 aromatic carbocycles. The van der Waals surface area contributed by atoms with Crippen LogP contribution in [0.5, 0.6) is 5.75 Å². The van der Waals surface area contributed by atoms with Crippen molar-refractivity contribution in [1.82, 2.24) is 0 Å². The van der Waals surface area contributed by atoms with Gasteiger partial charge in [-0.3, -0.25) is 0 Å². The van der Waals surface area contributed by atoms with Crippen LogP contribution < -0.4 is 4.74 Å². The van der Waals surface area contributed by atoms with Gasteiger partial charge in [-0.2, -0.15) is 0 Å². The molecule has 2 nitrogen and oxygen atoms in total. The Morgan fingerprint density at radius 3 is 2.73 bits per heavy atom. The zero-order valence-corrected chi connectivity index (χ0v) is 10.2. The van der Waals surface area contributed by atoms with Crippen molar-refractivity contribution >= 4 is 18.0 Å². The Labute approximate surface area is 95.0 Å². The summed E-state index contributed by atoms with van der Waals surface area (Å²) < 4.78 is 5.27. The molecule has 0 unspecified atom stereocenters. The maximum absolute atomic E-state index is 10.4. The number of carbonyl (C=O) groups excluding carboxylic acids is 1. The first-order valence-corrected chi connectivity index (χ1v) is 6.10. The van der Waals surface area contributed by atoms with E-state index >= 15 is 0 Å². The van der Waals surface area contributed by atoms with Gasteiger partial charge in [0.1, 0.15) is 12.0 Å². The van der Waals surface area contributed by atoms with Crippen LogP contribution >= 0.6 is 11.8 Å². The average Bonchev–Trinajstić information content (AvgIpc) is 2.26. The molecule has 0 aliphatic rings. The normalized spacial score (nSPS) is 10.1. The van der Waals surface area contributed by atoms with E-state index in [1.807, 2.05) is 19.2 Å². The smallest absolute Gasteiger partial charge is 0.122 e. The quantitative estimate of drug-likeness (QED) is 0.568. The fourth-order valence-corrected chi connectivity index (χ4v) is 2.24. The molecule has 3 heteroatoms. The fourth-order valence-electron chi connectivity index (χ4n) is 1.52. The second-order valence-electron chi connectivity index (χ2n) is 3.34. The van der Waals surface area contributed by atoms with Gasteiger partial charge in [-0.25, -0.2) is 0 Å². The highest BCUT2D eigenvalue weighted by Gasteiger charge is 2.06. The van der Waals surface area contributed by atoms with Gasteiger partial charge < -0.3 is 9.53 Å². The summed E-state index contributed by atoms with van der Waals surface area (Å²) in [6, 6.07) is 4.15. The molecule has 0 aromatic heterocycles. The summed E-state index contributed by atoms with van der Waals surface area (Å²) in [6.45, 7) is 2.03. The van der Waals surface area contributed by atoms with E-state index in [1.165, 1.54) is 10.5 Å². The summed E-state index contributed by atoms with van der Waals surface area (Å²) in [5.41, 5.74) is 2.33. The summed E-state index contributed by atoms with van der Waals surface area (Å²) in [6.07, 6.45) is 4.36. The molecule has 82 valence electrons. The van der Waals surface area contributed by atoms with Crippen molar-refractivity contribution in [2.75, 3.05) is 13.4 Å². The molecule has 0 fully saturated rings. The highest BCUT2D eigenvalue weighted by Crippen LogP contribution is 2.29. The number of aldehydes is 1. The first kappa shape index (κ1) is 12.1. The van der Waals surface area contributed by atoms with E-state index in [1.54, 1.807) is 18.9 Å². The van der Waals surface area contributed by atoms with Crippen molar-refractivity contribution in [2.45, 2.75) is 24.7 Å². The molecule has 0 saturated carbocycles. The maximum atomic E-state index is 10.4. The van der Waals surface area contributed by atoms with Crippen molar-refractivity contribution in [3.05, 3.63) is 23.3 Å². The van der Waals surface area contributed by atoms with Gasteiger partial charge in [0.25, 0.3) is 0 Å². The van der Waals surface area contributed by atoms with Gasteiger partial charge in [-0.1, -0.05) is 0 Å². The van der Waals surface area contributed by atoms with E-state index < -0.39 is 0 Å². The van der Waals surface area contributed by atoms with Crippen LogP contribution in [-0.4, -0.2) is 19.7 Å². The number of hydrogen-bond acceptors (Lipinski definition) is 3. The molecule has 0 radical (unpaired) electrons. The van der Waals surface area contributed by atoms with Crippen LogP contribution in [0.15, 0.2) is 17.0 Å². The number of aryl methyl sites for hydroxylation is 2. The number of hydrogen-bond donors (Lipinski definition) is 0. The minimum Gasteiger partial charge on any atom is -0.496 e. The number of carbonyl (C=O) groups is 1. The van der Waals surface area contributed by atoms with Gasteiger partial charge in [0, 0.05) is 11.3 Å². The third-order valence-corrected chi connectivity index (χ3v) is 3.15. The molecule has 0 bridgehead atoms. The molecule has 0 spiro atoms. The van der Waals surface area contributed by atoms with Gasteiger partial charge in [-0.05, 0) is 42.9 Å². The minimum absolute atomic E-state index is 0.569. The molecule has 0 aliphatic carbocycles. The molecule has 0 saturated heterocycles. The summed E-state index contributed by atoms with van der Waals surface area (Å²) in [5.74, 6) is 0.897. The topological polar surface area (TPSA) is 26.3 Å². The Balaban J connectivity index is 3.04. The predicted octanol–water partition coefficient (Wildman–Crippen LogP) is 2.86. The lowest BCUT2D eigenvalue weighted by Gasteiger charge is -2.11. The van der Waals surface area contributed by atoms with Crippen molar-refractivity contribution < 1.29 is 9.53 Å². The third-order valence-electron chi connectivity index (χ3n) is 2.33. The Morgan fingerprint density at radius 1 is 1.47 bits per heavy atom. The van der Waals surface area contributed by atoms with Gasteiger partial charge in [0.2, 0.25) is 0 Å². The van der Waals surface area contributed by atoms with E-state index in [0.29, 0.717) is 6.42 Å². The number of methoxy groups -OCH3 is 1. The van der Waals surface area contributed by atoms with Crippen LogP contribution in [0, 0.1) is 6.92 Å². The fraction of sp³-hybridized carbons (Fsp3) is 0.417. The van der Waals surface area contributed by atoms with E-state index in [0.717, 1.165) is 24.0 Å². The van der Waals surface area contributed by atoms with Gasteiger partial charge in [-0.15, -0.1) is 11.8 Å². The Bertz CT molecular complexity index is 348. The largest absolute Gasteiger partial charge is 0.496 e. The van der Waals surface area contributed by atoms with Gasteiger partial charge >= 0.3 is 0 Å². The maximum Gasteiger partial charge on any atom is 0.122 e. The number of thioether (sulfide) groups is 1. The summed E-state index contributed by atoms with van der Waals surface area (Å²) in [5, 5.41) is 0. The zero-order chi connectivity index (χ0) is 11.3. The molecule has 0 heterocycles. The highest BCUT2D eigenvalue weighted by atomic mass is 32.2. The molecule has 0 N–H and O–H groups in total. The zero-order valence-electron chi connectivity index (χ0n) is 9.37. The summed E-state index contributed by atoms with van der Waals surface area (Å²) >= 11 is 1.71. The van der Waals surface area contributed by atoms with E-state index in [-0.39, 0.29) is 0 Å². The Hall–Kier alpha value is -0.960. The lowest BCUT2D eigenvalue weighted by Crippen LogP contribution is -1.94. The second kappa shape index (κ2) is 5.81. The van der Waals surface area contributed by atoms with Crippen LogP contribution in [0.4, 0.5) is 0 Å². The molecule has 1 aromatic rings. The van der Waals surface area contributed by atoms with Crippen LogP contribution in [0.2, 0.25) is 0 Å². The molecule has 15 heavy (non-hydrogen) atoms. The SMILES string of the molecule is COc1cc(CCC=O)c(SC)cc1C. The van der Waals surface area contributed by atoms with E-state index in [2.05, 4.69) is 6.07 Å². The Kier molecular flexibility index (Phi) is 4.69. The number of ether oxygens (including phenoxy) is 1. The van der Waals surface area contributed by atoms with Crippen LogP contribution in [0.3, 0.4) is 0 Å². The lowest BCUT2D eigenvalue weighted by molar-refractivity contribution is -0.107. The molecule has 1 rings (SSSR count). The molecular weight excluding hydrogens is 208 g/mol. The van der Waals surface area contributed by atoms with Gasteiger partial charge in [0.15, 0.2) is 0 Å². The van der Waals surface area contributed by atoms with Crippen LogP contribution in [-0.2, 0) is 11.2 Å². The standard InChI is InChI=1S/C12H16O2S/c1-9-7-12(15-3)10(5-4-6-13)8-11(9)14-2/h6-8H,4-5H2,1-3H3. The third kappa shape index (κ3) is 2.99. The lowest BCUT2D eigenvalue weighted by atomic mass is 10.1. The van der Waals surface area contributed by atoms with Crippen molar-refractivity contribution in [3.63, 3.8) is 0 Å². The minimum atomic E-state index is 0.569. The average molecular weight is 224 g/mol. The van der Waals surface area contributed by atoms with E-state index in [4.69, 9.17) is 4.74 Å². The highest BCUT2D eigenvalue weighted by molar-refractivity contribution is 7.98. The molecule has 0 amide bonds. The first-order valence-electron chi connectivity index (χ1n) is 4.88. The van der Waals surface area contributed by atoms with Crippen molar-refractivity contribution in [3.8, 4) is 5.75 Å². The predicted molar refractivity (Wildman–Crippen MR) is 63.9 cm³/mol. The summed E-state index contributed by atoms with van der Waals surface area (Å²) in [4.78, 5) is 11.6. The van der Waals surface area contributed by atoms with Crippen LogP contribution in [0.1, 0.15) is 17.5 Å². The van der Waals surface area contributed by atoms with Crippen molar-refractivity contribution in [1.29, 1.82) is 0 Å². The molecule has 0 aliphatic heterocycles. The monoisotopic (exact) mass is 224 g/mol. The van der Waals surface area contributed by atoms with Crippen LogP contribution in [0.25, 0.3) is 0 Å². The first-order chi connectivity index (χ1) is 7.22. The summed E-state index contributed by atoms with van der Waals surface area (Å²) in [7, 11) is 1.67. The molecular formula is C12H16O2S. The van der Waals surface area contributed by atoms with E-state index in [9.17, 15) is 4.79 Å². The molecule has 0 atom stereocenters. The van der Waals surface area contributed by atoms with Gasteiger partial charge in [0.05, 0.1) is 7.11 Å². The number of benzene rings is 1.